The minimum absolute atomic E-state index is 0.154. The number of aliphatic carboxylic acids is 1. The van der Waals surface area contributed by atoms with Gasteiger partial charge in [0.2, 0.25) is 10.0 Å². The van der Waals surface area contributed by atoms with Gasteiger partial charge in [-0.15, -0.1) is 5.10 Å². The van der Waals surface area contributed by atoms with Crippen LogP contribution in [-0.2, 0) is 28.4 Å². The van der Waals surface area contributed by atoms with Gasteiger partial charge in [-0.2, -0.15) is 4.31 Å². The Morgan fingerprint density at radius 1 is 1.08 bits per heavy atom. The third kappa shape index (κ3) is 5.41. The second kappa shape index (κ2) is 10.9. The molecule has 0 bridgehead atoms. The summed E-state index contributed by atoms with van der Waals surface area (Å²) in [5, 5.41) is 18.0. The van der Waals surface area contributed by atoms with Crippen molar-refractivity contribution in [3.05, 3.63) is 82.9 Å². The van der Waals surface area contributed by atoms with Gasteiger partial charge in [-0.05, 0) is 67.3 Å². The van der Waals surface area contributed by atoms with E-state index < -0.39 is 21.9 Å². The minimum Gasteiger partial charge on any atom is -0.494 e. The fourth-order valence-electron chi connectivity index (χ4n) is 4.65. The number of carbonyl (C=O) groups is 1. The molecule has 1 N–H and O–H groups in total. The van der Waals surface area contributed by atoms with Crippen molar-refractivity contribution >= 4 is 27.0 Å². The summed E-state index contributed by atoms with van der Waals surface area (Å²) in [6.45, 7) is 5.76. The highest BCUT2D eigenvalue weighted by Gasteiger charge is 2.28. The molecule has 4 rings (SSSR count). The maximum absolute atomic E-state index is 13.5. The molecule has 1 atom stereocenters. The lowest BCUT2D eigenvalue weighted by Crippen LogP contribution is -2.36. The Hall–Kier alpha value is -3.76. The van der Waals surface area contributed by atoms with Crippen molar-refractivity contribution in [2.75, 3.05) is 7.11 Å². The summed E-state index contributed by atoms with van der Waals surface area (Å²) < 4.78 is 35.6. The maximum atomic E-state index is 13.5. The molecule has 0 aliphatic rings. The summed E-state index contributed by atoms with van der Waals surface area (Å²) in [6, 6.07) is 17.4. The van der Waals surface area contributed by atoms with Gasteiger partial charge >= 0.3 is 5.97 Å². The number of hydrogen-bond donors (Lipinski definition) is 1. The number of carboxylic acid groups (broad SMARTS) is 1. The lowest BCUT2D eigenvalue weighted by Gasteiger charge is -2.27. The molecule has 38 heavy (non-hydrogen) atoms. The monoisotopic (exact) mass is 536 g/mol. The molecule has 0 amide bonds. The maximum Gasteiger partial charge on any atom is 0.304 e. The van der Waals surface area contributed by atoms with Gasteiger partial charge in [0.1, 0.15) is 16.8 Å². The van der Waals surface area contributed by atoms with E-state index in [0.29, 0.717) is 16.8 Å². The van der Waals surface area contributed by atoms with Gasteiger partial charge in [-0.3, -0.25) is 4.79 Å². The van der Waals surface area contributed by atoms with E-state index in [1.807, 2.05) is 51.1 Å². The van der Waals surface area contributed by atoms with Crippen LogP contribution in [0.2, 0.25) is 0 Å². The average Bonchev–Trinajstić information content (AvgIpc) is 3.27. The van der Waals surface area contributed by atoms with Gasteiger partial charge in [-0.1, -0.05) is 41.6 Å². The molecule has 1 heterocycles. The number of sulfonamides is 1. The number of hydrogen-bond acceptors (Lipinski definition) is 6. The predicted molar refractivity (Wildman–Crippen MR) is 145 cm³/mol. The number of carboxylic acids is 1. The van der Waals surface area contributed by atoms with Crippen LogP contribution in [0.15, 0.2) is 65.6 Å². The van der Waals surface area contributed by atoms with Gasteiger partial charge in [-0.25, -0.2) is 13.1 Å². The number of ether oxygens (including phenoxy) is 1. The third-order valence-electron chi connectivity index (χ3n) is 6.72. The minimum atomic E-state index is -3.75. The summed E-state index contributed by atoms with van der Waals surface area (Å²) in [4.78, 5) is 12.2. The first-order valence-electron chi connectivity index (χ1n) is 12.3. The molecular formula is C28H32N4O5S. The SMILES string of the molecule is COc1cc(C(CC(=O)O)c2ccc(C)c(CN(C(C)C)S(=O)(=O)c3ccccc3)c2)cc2nnn(C)c12. The normalized spacial score (nSPS) is 12.8. The molecule has 3 aromatic carbocycles. The van der Waals surface area contributed by atoms with Crippen molar-refractivity contribution in [1.82, 2.24) is 19.3 Å². The van der Waals surface area contributed by atoms with Crippen LogP contribution in [0.4, 0.5) is 0 Å². The smallest absolute Gasteiger partial charge is 0.304 e. The molecule has 0 aliphatic heterocycles. The zero-order chi connectivity index (χ0) is 27.6. The number of nitrogens with zero attached hydrogens (tertiary/aromatic N) is 4. The summed E-state index contributed by atoms with van der Waals surface area (Å²) in [6.07, 6.45) is -0.159. The van der Waals surface area contributed by atoms with Crippen LogP contribution in [0.25, 0.3) is 11.0 Å². The highest BCUT2D eigenvalue weighted by molar-refractivity contribution is 7.89. The van der Waals surface area contributed by atoms with Crippen LogP contribution < -0.4 is 4.74 Å². The van der Waals surface area contributed by atoms with Crippen LogP contribution in [0.5, 0.6) is 5.75 Å². The number of fused-ring (bicyclic) bond motifs is 1. The molecular weight excluding hydrogens is 504 g/mol. The van der Waals surface area contributed by atoms with E-state index in [4.69, 9.17) is 4.74 Å². The van der Waals surface area contributed by atoms with Crippen molar-refractivity contribution in [3.63, 3.8) is 0 Å². The van der Waals surface area contributed by atoms with Crippen molar-refractivity contribution in [1.29, 1.82) is 0 Å². The van der Waals surface area contributed by atoms with Crippen LogP contribution in [0.1, 0.15) is 48.4 Å². The van der Waals surface area contributed by atoms with E-state index in [1.54, 1.807) is 49.2 Å². The topological polar surface area (TPSA) is 115 Å². The molecule has 0 fully saturated rings. The van der Waals surface area contributed by atoms with Crippen molar-refractivity contribution in [3.8, 4) is 5.75 Å². The Balaban J connectivity index is 1.78. The standard InChI is InChI=1S/C28H32N4O5S/c1-18(2)32(38(35,36)23-9-7-6-8-10-23)17-22-13-20(12-11-19(22)3)24(16-27(33)34)21-14-25-28(26(15-21)37-5)31(4)30-29-25/h6-15,18,24H,16-17H2,1-5H3,(H,33,34). The van der Waals surface area contributed by atoms with E-state index in [9.17, 15) is 18.3 Å². The average molecular weight is 537 g/mol. The Labute approximate surface area is 222 Å². The van der Waals surface area contributed by atoms with Crippen LogP contribution >= 0.6 is 0 Å². The van der Waals surface area contributed by atoms with Crippen molar-refractivity contribution in [2.24, 2.45) is 7.05 Å². The number of rotatable bonds is 10. The van der Waals surface area contributed by atoms with Gasteiger partial charge < -0.3 is 9.84 Å². The molecule has 0 saturated carbocycles. The lowest BCUT2D eigenvalue weighted by atomic mass is 9.86. The summed E-state index contributed by atoms with van der Waals surface area (Å²) >= 11 is 0. The Morgan fingerprint density at radius 3 is 2.42 bits per heavy atom. The van der Waals surface area contributed by atoms with Gasteiger partial charge in [0.05, 0.1) is 18.4 Å². The molecule has 1 aromatic heterocycles. The molecule has 0 spiro atoms. The molecule has 10 heteroatoms. The largest absolute Gasteiger partial charge is 0.494 e. The van der Waals surface area contributed by atoms with E-state index in [0.717, 1.165) is 22.3 Å². The van der Waals surface area contributed by atoms with Gasteiger partial charge in [0, 0.05) is 25.6 Å². The van der Waals surface area contributed by atoms with Crippen molar-refractivity contribution in [2.45, 2.75) is 50.6 Å². The first kappa shape index (κ1) is 27.3. The Bertz CT molecular complexity index is 1570. The second-order valence-corrected chi connectivity index (χ2v) is 11.5. The zero-order valence-corrected chi connectivity index (χ0v) is 22.9. The molecule has 1 unspecified atom stereocenters. The first-order chi connectivity index (χ1) is 18.0. The highest BCUT2D eigenvalue weighted by atomic mass is 32.2. The predicted octanol–water partition coefficient (Wildman–Crippen LogP) is 4.49. The van der Waals surface area contributed by atoms with Crippen LogP contribution in [0, 0.1) is 6.92 Å². The first-order valence-corrected chi connectivity index (χ1v) is 13.7. The molecule has 9 nitrogen and oxygen atoms in total. The summed E-state index contributed by atoms with van der Waals surface area (Å²) in [5.41, 5.74) is 4.53. The summed E-state index contributed by atoms with van der Waals surface area (Å²) in [7, 11) is -0.428. The van der Waals surface area contributed by atoms with E-state index in [2.05, 4.69) is 10.3 Å². The van der Waals surface area contributed by atoms with Crippen LogP contribution in [0.3, 0.4) is 0 Å². The third-order valence-corrected chi connectivity index (χ3v) is 8.75. The molecule has 0 saturated heterocycles. The molecule has 0 aliphatic carbocycles. The van der Waals surface area contributed by atoms with Crippen LogP contribution in [-0.4, -0.2) is 51.9 Å². The molecule has 200 valence electrons. The zero-order valence-electron chi connectivity index (χ0n) is 22.1. The number of methoxy groups -OCH3 is 1. The van der Waals surface area contributed by atoms with Gasteiger partial charge in [0.25, 0.3) is 0 Å². The Kier molecular flexibility index (Phi) is 7.84. The molecule has 4 aromatic rings. The summed E-state index contributed by atoms with van der Waals surface area (Å²) in [5.74, 6) is -0.913. The lowest BCUT2D eigenvalue weighted by molar-refractivity contribution is -0.137. The fourth-order valence-corrected chi connectivity index (χ4v) is 6.29. The molecule has 0 radical (unpaired) electrons. The van der Waals surface area contributed by atoms with E-state index in [1.165, 1.54) is 4.31 Å². The highest BCUT2D eigenvalue weighted by Crippen LogP contribution is 2.35. The van der Waals surface area contributed by atoms with E-state index >= 15 is 0 Å². The fraction of sp³-hybridized carbons (Fsp3) is 0.321. The number of aryl methyl sites for hydroxylation is 2. The Morgan fingerprint density at radius 2 is 1.79 bits per heavy atom. The number of aromatic nitrogens is 3. The van der Waals surface area contributed by atoms with Crippen molar-refractivity contribution < 1.29 is 23.1 Å². The van der Waals surface area contributed by atoms with E-state index in [-0.39, 0.29) is 23.9 Å². The van der Waals surface area contributed by atoms with Gasteiger partial charge in [0.15, 0.2) is 0 Å². The number of benzene rings is 3. The second-order valence-electron chi connectivity index (χ2n) is 9.60. The quantitative estimate of drug-likeness (QED) is 0.318.